The van der Waals surface area contributed by atoms with Gasteiger partial charge in [0.25, 0.3) is 0 Å². The van der Waals surface area contributed by atoms with Crippen molar-refractivity contribution in [3.63, 3.8) is 0 Å². The molecule has 0 spiro atoms. The monoisotopic (exact) mass is 296 g/mol. The number of fused-ring (bicyclic) bond motifs is 1. The molecule has 1 aliphatic heterocycles. The molecule has 2 rings (SSSR count). The van der Waals surface area contributed by atoms with Crippen LogP contribution in [-0.2, 0) is 21.2 Å². The molecule has 0 saturated carbocycles. The molecule has 110 valence electrons. The summed E-state index contributed by atoms with van der Waals surface area (Å²) in [5.41, 5.74) is 1.69. The Labute approximate surface area is 119 Å². The lowest BCUT2D eigenvalue weighted by Crippen LogP contribution is -2.28. The fraction of sp³-hybridized carbons (Fsp3) is 0.500. The number of rotatable bonds is 5. The van der Waals surface area contributed by atoms with Crippen LogP contribution in [0.25, 0.3) is 0 Å². The quantitative estimate of drug-likeness (QED) is 0.841. The maximum absolute atomic E-state index is 12.1. The van der Waals surface area contributed by atoms with Crippen molar-refractivity contribution in [2.45, 2.75) is 43.9 Å². The maximum Gasteiger partial charge on any atom is 0.238 e. The normalized spacial score (nSPS) is 14.4. The molecule has 1 aromatic carbocycles. The van der Waals surface area contributed by atoms with Crippen molar-refractivity contribution in [3.05, 3.63) is 23.8 Å². The first kappa shape index (κ1) is 15.0. The molecule has 1 heterocycles. The van der Waals surface area contributed by atoms with Gasteiger partial charge in [0.05, 0.1) is 4.90 Å². The van der Waals surface area contributed by atoms with Gasteiger partial charge < -0.3 is 4.90 Å². The predicted octanol–water partition coefficient (Wildman–Crippen LogP) is 1.80. The minimum atomic E-state index is -3.68. The van der Waals surface area contributed by atoms with Crippen LogP contribution in [0.3, 0.4) is 0 Å². The smallest absolute Gasteiger partial charge is 0.238 e. The summed E-state index contributed by atoms with van der Waals surface area (Å²) in [6.45, 7) is 2.72. The second-order valence-electron chi connectivity index (χ2n) is 5.09. The van der Waals surface area contributed by atoms with Crippen molar-refractivity contribution < 1.29 is 13.2 Å². The Hall–Kier alpha value is -1.40. The zero-order valence-corrected chi connectivity index (χ0v) is 12.4. The summed E-state index contributed by atoms with van der Waals surface area (Å²) in [5, 5.41) is 5.12. The number of unbranched alkanes of at least 4 members (excludes halogenated alkanes) is 2. The lowest BCUT2D eigenvalue weighted by molar-refractivity contribution is -0.118. The van der Waals surface area contributed by atoms with Crippen LogP contribution in [0, 0.1) is 0 Å². The minimum Gasteiger partial charge on any atom is -0.312 e. The van der Waals surface area contributed by atoms with Crippen molar-refractivity contribution in [1.29, 1.82) is 0 Å². The van der Waals surface area contributed by atoms with E-state index in [-0.39, 0.29) is 10.8 Å². The molecule has 0 saturated heterocycles. The standard InChI is InChI=1S/C14H20N2O3S/c1-2-3-4-5-14(17)16-9-8-11-10-12(20(15,18)19)6-7-13(11)16/h6-7,10H,2-5,8-9H2,1H3,(H2,15,18,19). The first-order chi connectivity index (χ1) is 9.43. The highest BCUT2D eigenvalue weighted by atomic mass is 32.2. The largest absolute Gasteiger partial charge is 0.312 e. The molecular formula is C14H20N2O3S. The lowest BCUT2D eigenvalue weighted by Gasteiger charge is -2.17. The Kier molecular flexibility index (Phi) is 4.45. The summed E-state index contributed by atoms with van der Waals surface area (Å²) in [6, 6.07) is 4.72. The predicted molar refractivity (Wildman–Crippen MR) is 78.0 cm³/mol. The Morgan fingerprint density at radius 3 is 2.75 bits per heavy atom. The fourth-order valence-corrected chi connectivity index (χ4v) is 3.04. The van der Waals surface area contributed by atoms with Crippen molar-refractivity contribution >= 4 is 21.6 Å². The van der Waals surface area contributed by atoms with Gasteiger partial charge in [-0.3, -0.25) is 4.79 Å². The van der Waals surface area contributed by atoms with Crippen LogP contribution in [0.15, 0.2) is 23.1 Å². The van der Waals surface area contributed by atoms with Crippen LogP contribution in [0.5, 0.6) is 0 Å². The number of sulfonamides is 1. The van der Waals surface area contributed by atoms with E-state index in [1.54, 1.807) is 17.0 Å². The van der Waals surface area contributed by atoms with Crippen molar-refractivity contribution in [1.82, 2.24) is 0 Å². The minimum absolute atomic E-state index is 0.108. The topological polar surface area (TPSA) is 80.5 Å². The summed E-state index contributed by atoms with van der Waals surface area (Å²) in [4.78, 5) is 14.0. The number of benzene rings is 1. The van der Waals surface area contributed by atoms with Gasteiger partial charge in [-0.25, -0.2) is 13.6 Å². The van der Waals surface area contributed by atoms with Gasteiger partial charge in [0.1, 0.15) is 0 Å². The summed E-state index contributed by atoms with van der Waals surface area (Å²) in [7, 11) is -3.68. The molecule has 2 N–H and O–H groups in total. The third-order valence-corrected chi connectivity index (χ3v) is 4.48. The number of nitrogens with two attached hydrogens (primary N) is 1. The number of nitrogens with zero attached hydrogens (tertiary/aromatic N) is 1. The van der Waals surface area contributed by atoms with E-state index in [4.69, 9.17) is 5.14 Å². The van der Waals surface area contributed by atoms with Crippen molar-refractivity contribution in [2.75, 3.05) is 11.4 Å². The summed E-state index contributed by atoms with van der Waals surface area (Å²) in [6.07, 6.45) is 4.26. The molecule has 0 atom stereocenters. The second kappa shape index (κ2) is 5.93. The van der Waals surface area contributed by atoms with Crippen molar-refractivity contribution in [2.24, 2.45) is 5.14 Å². The first-order valence-corrected chi connectivity index (χ1v) is 8.44. The molecule has 0 fully saturated rings. The van der Waals surface area contributed by atoms with Gasteiger partial charge in [-0.05, 0) is 36.6 Å². The third-order valence-electron chi connectivity index (χ3n) is 3.57. The lowest BCUT2D eigenvalue weighted by atomic mass is 10.1. The molecule has 0 unspecified atom stereocenters. The summed E-state index contributed by atoms with van der Waals surface area (Å²) < 4.78 is 22.6. The number of primary sulfonamides is 1. The van der Waals surface area contributed by atoms with Crippen LogP contribution >= 0.6 is 0 Å². The molecular weight excluding hydrogens is 276 g/mol. The fourth-order valence-electron chi connectivity index (χ4n) is 2.48. The van der Waals surface area contributed by atoms with Crippen LogP contribution in [0.4, 0.5) is 5.69 Å². The molecule has 0 aliphatic carbocycles. The van der Waals surface area contributed by atoms with Crippen LogP contribution in [0.1, 0.15) is 38.2 Å². The molecule has 0 aromatic heterocycles. The van der Waals surface area contributed by atoms with Gasteiger partial charge >= 0.3 is 0 Å². The van der Waals surface area contributed by atoms with Gasteiger partial charge in [0.2, 0.25) is 15.9 Å². The second-order valence-corrected chi connectivity index (χ2v) is 6.65. The number of hydrogen-bond acceptors (Lipinski definition) is 3. The number of carbonyl (C=O) groups is 1. The van der Waals surface area contributed by atoms with Crippen LogP contribution in [-0.4, -0.2) is 20.9 Å². The number of anilines is 1. The van der Waals surface area contributed by atoms with E-state index >= 15 is 0 Å². The molecule has 0 bridgehead atoms. The van der Waals surface area contributed by atoms with E-state index in [9.17, 15) is 13.2 Å². The molecule has 1 amide bonds. The average molecular weight is 296 g/mol. The highest BCUT2D eigenvalue weighted by Gasteiger charge is 2.25. The first-order valence-electron chi connectivity index (χ1n) is 6.89. The molecule has 1 aliphatic rings. The molecule has 0 radical (unpaired) electrons. The van der Waals surface area contributed by atoms with E-state index in [0.29, 0.717) is 19.4 Å². The highest BCUT2D eigenvalue weighted by Crippen LogP contribution is 2.30. The SMILES string of the molecule is CCCCCC(=O)N1CCc2cc(S(N)(=O)=O)ccc21. The molecule has 6 heteroatoms. The molecule has 20 heavy (non-hydrogen) atoms. The average Bonchev–Trinajstić information content (AvgIpc) is 2.80. The van der Waals surface area contributed by atoms with Gasteiger partial charge in [-0.1, -0.05) is 19.8 Å². The van der Waals surface area contributed by atoms with Crippen LogP contribution in [0.2, 0.25) is 0 Å². The number of carbonyl (C=O) groups excluding carboxylic acids is 1. The summed E-state index contributed by atoms with van der Waals surface area (Å²) >= 11 is 0. The maximum atomic E-state index is 12.1. The van der Waals surface area contributed by atoms with E-state index < -0.39 is 10.0 Å². The zero-order chi connectivity index (χ0) is 14.8. The van der Waals surface area contributed by atoms with E-state index in [1.807, 2.05) is 0 Å². The van der Waals surface area contributed by atoms with Crippen LogP contribution < -0.4 is 10.0 Å². The van der Waals surface area contributed by atoms with E-state index in [1.165, 1.54) is 6.07 Å². The number of amides is 1. The Bertz CT molecular complexity index is 611. The van der Waals surface area contributed by atoms with Gasteiger partial charge in [-0.15, -0.1) is 0 Å². The van der Waals surface area contributed by atoms with Gasteiger partial charge in [0.15, 0.2) is 0 Å². The Morgan fingerprint density at radius 2 is 2.10 bits per heavy atom. The highest BCUT2D eigenvalue weighted by molar-refractivity contribution is 7.89. The molecule has 1 aromatic rings. The Balaban J connectivity index is 2.15. The van der Waals surface area contributed by atoms with E-state index in [0.717, 1.165) is 30.5 Å². The zero-order valence-electron chi connectivity index (χ0n) is 11.6. The van der Waals surface area contributed by atoms with Gasteiger partial charge in [-0.2, -0.15) is 0 Å². The third kappa shape index (κ3) is 3.19. The Morgan fingerprint density at radius 1 is 1.35 bits per heavy atom. The van der Waals surface area contributed by atoms with E-state index in [2.05, 4.69) is 6.92 Å². The van der Waals surface area contributed by atoms with Gasteiger partial charge in [0, 0.05) is 18.7 Å². The van der Waals surface area contributed by atoms with Crippen molar-refractivity contribution in [3.8, 4) is 0 Å². The molecule has 5 nitrogen and oxygen atoms in total. The summed E-state index contributed by atoms with van der Waals surface area (Å²) in [5.74, 6) is 0.112. The number of hydrogen-bond donors (Lipinski definition) is 1.